The first-order valence-electron chi connectivity index (χ1n) is 10.6. The van der Waals surface area contributed by atoms with Crippen LogP contribution in [0.5, 0.6) is 0 Å². The molecule has 31 heavy (non-hydrogen) atoms. The molecule has 0 aliphatic heterocycles. The van der Waals surface area contributed by atoms with Crippen LogP contribution in [0, 0.1) is 0 Å². The smallest absolute Gasteiger partial charge is 0.164 e. The molecule has 0 spiro atoms. The van der Waals surface area contributed by atoms with Gasteiger partial charge in [0.25, 0.3) is 0 Å². The Bertz CT molecular complexity index is 1740. The molecule has 2 aliphatic rings. The molecular weight excluding hydrogens is 380 g/mol. The summed E-state index contributed by atoms with van der Waals surface area (Å²) in [6.07, 6.45) is 7.54. The van der Waals surface area contributed by atoms with Crippen molar-refractivity contribution in [2.24, 2.45) is 0 Å². The first-order chi connectivity index (χ1) is 15.4. The summed E-state index contributed by atoms with van der Waals surface area (Å²) >= 11 is 0. The normalized spacial score (nSPS) is 13.5. The summed E-state index contributed by atoms with van der Waals surface area (Å²) in [6.45, 7) is 0. The SMILES string of the molecule is c1ccc2c(c1)Cc1c-2ccc2c1-c1nc3c4ncccc4c4ccncc4n3c1C2. The van der Waals surface area contributed by atoms with Gasteiger partial charge in [0, 0.05) is 35.2 Å². The van der Waals surface area contributed by atoms with E-state index in [-0.39, 0.29) is 0 Å². The molecule has 0 radical (unpaired) electrons. The van der Waals surface area contributed by atoms with Gasteiger partial charge in [0.15, 0.2) is 5.65 Å². The zero-order valence-electron chi connectivity index (χ0n) is 16.6. The molecule has 4 heterocycles. The second-order valence-electron chi connectivity index (χ2n) is 8.50. The third-order valence-corrected chi connectivity index (χ3v) is 6.99. The van der Waals surface area contributed by atoms with Crippen LogP contribution in [0.2, 0.25) is 0 Å². The van der Waals surface area contributed by atoms with Crippen LogP contribution in [-0.2, 0) is 12.8 Å². The number of benzene rings is 2. The number of aromatic nitrogens is 4. The van der Waals surface area contributed by atoms with Crippen molar-refractivity contribution in [2.75, 3.05) is 0 Å². The number of rotatable bonds is 0. The molecule has 0 N–H and O–H groups in total. The summed E-state index contributed by atoms with van der Waals surface area (Å²) in [5, 5.41) is 2.29. The molecule has 6 aromatic rings. The van der Waals surface area contributed by atoms with Crippen LogP contribution in [-0.4, -0.2) is 19.4 Å². The van der Waals surface area contributed by atoms with Crippen molar-refractivity contribution in [1.29, 1.82) is 0 Å². The van der Waals surface area contributed by atoms with Crippen molar-refractivity contribution in [3.8, 4) is 22.4 Å². The van der Waals surface area contributed by atoms with Crippen molar-refractivity contribution in [3.05, 3.63) is 95.6 Å². The Balaban J connectivity index is 1.52. The van der Waals surface area contributed by atoms with Gasteiger partial charge in [-0.1, -0.05) is 42.5 Å². The second kappa shape index (κ2) is 5.35. The molecule has 0 fully saturated rings. The summed E-state index contributed by atoms with van der Waals surface area (Å²) < 4.78 is 2.29. The average molecular weight is 396 g/mol. The van der Waals surface area contributed by atoms with Gasteiger partial charge in [0.1, 0.15) is 5.52 Å². The number of nitrogens with zero attached hydrogens (tertiary/aromatic N) is 4. The van der Waals surface area contributed by atoms with Gasteiger partial charge < -0.3 is 0 Å². The Morgan fingerprint density at radius 3 is 2.74 bits per heavy atom. The van der Waals surface area contributed by atoms with E-state index in [9.17, 15) is 0 Å². The maximum Gasteiger partial charge on any atom is 0.164 e. The van der Waals surface area contributed by atoms with Gasteiger partial charge in [-0.3, -0.25) is 14.4 Å². The molecule has 4 heteroatoms. The number of fused-ring (bicyclic) bond motifs is 14. The molecular formula is C27H16N4. The van der Waals surface area contributed by atoms with Gasteiger partial charge >= 0.3 is 0 Å². The van der Waals surface area contributed by atoms with Crippen molar-refractivity contribution in [2.45, 2.75) is 12.8 Å². The maximum absolute atomic E-state index is 5.23. The number of hydrogen-bond acceptors (Lipinski definition) is 3. The molecule has 0 saturated carbocycles. The zero-order chi connectivity index (χ0) is 20.1. The summed E-state index contributed by atoms with van der Waals surface area (Å²) in [5.41, 5.74) is 13.6. The van der Waals surface area contributed by atoms with Crippen LogP contribution in [0.3, 0.4) is 0 Å². The van der Waals surface area contributed by atoms with E-state index in [1.807, 2.05) is 24.7 Å². The van der Waals surface area contributed by atoms with E-state index in [0.29, 0.717) is 0 Å². The molecule has 0 bridgehead atoms. The van der Waals surface area contributed by atoms with Gasteiger partial charge in [-0.15, -0.1) is 0 Å². The van der Waals surface area contributed by atoms with Gasteiger partial charge in [-0.25, -0.2) is 4.98 Å². The Morgan fingerprint density at radius 2 is 1.74 bits per heavy atom. The number of pyridine rings is 3. The lowest BCUT2D eigenvalue weighted by Gasteiger charge is -2.09. The van der Waals surface area contributed by atoms with E-state index >= 15 is 0 Å². The minimum Gasteiger partial charge on any atom is -0.292 e. The van der Waals surface area contributed by atoms with E-state index in [4.69, 9.17) is 9.97 Å². The largest absolute Gasteiger partial charge is 0.292 e. The van der Waals surface area contributed by atoms with E-state index in [1.165, 1.54) is 44.5 Å². The standard InChI is InChI=1S/C27H16N4/c1-2-5-17-15(4-1)12-21-18(17)8-7-16-13-22-26(24(16)21)30-27-25-20(6-3-10-29-25)19-9-11-28-14-23(19)31(22)27/h1-11,14H,12-13H2. The number of hydrogen-bond donors (Lipinski definition) is 0. The van der Waals surface area contributed by atoms with Crippen LogP contribution >= 0.6 is 0 Å². The zero-order valence-corrected chi connectivity index (χ0v) is 16.6. The predicted octanol–water partition coefficient (Wildman–Crippen LogP) is 5.57. The first-order valence-corrected chi connectivity index (χ1v) is 10.6. The Morgan fingerprint density at radius 1 is 0.774 bits per heavy atom. The van der Waals surface area contributed by atoms with Gasteiger partial charge in [0.05, 0.1) is 23.1 Å². The fourth-order valence-corrected chi connectivity index (χ4v) is 5.71. The van der Waals surface area contributed by atoms with E-state index in [2.05, 4.69) is 57.9 Å². The third-order valence-electron chi connectivity index (χ3n) is 6.99. The molecule has 144 valence electrons. The summed E-state index contributed by atoms with van der Waals surface area (Å²) in [5.74, 6) is 0. The Hall–Kier alpha value is -4.05. The topological polar surface area (TPSA) is 43.1 Å². The van der Waals surface area contributed by atoms with Crippen molar-refractivity contribution < 1.29 is 0 Å². The molecule has 8 rings (SSSR count). The molecule has 0 atom stereocenters. The fraction of sp³-hybridized carbons (Fsp3) is 0.0741. The van der Waals surface area contributed by atoms with Gasteiger partial charge in [0.2, 0.25) is 0 Å². The maximum atomic E-state index is 5.23. The Labute approximate surface area is 177 Å². The monoisotopic (exact) mass is 396 g/mol. The highest BCUT2D eigenvalue weighted by Crippen LogP contribution is 2.48. The summed E-state index contributed by atoms with van der Waals surface area (Å²) in [7, 11) is 0. The van der Waals surface area contributed by atoms with Crippen molar-refractivity contribution >= 4 is 27.5 Å². The summed E-state index contributed by atoms with van der Waals surface area (Å²) in [6, 6.07) is 19.6. The molecule has 2 aliphatic carbocycles. The average Bonchev–Trinajstić information content (AvgIpc) is 3.48. The van der Waals surface area contributed by atoms with Crippen molar-refractivity contribution in [1.82, 2.24) is 19.4 Å². The lowest BCUT2D eigenvalue weighted by molar-refractivity contribution is 1.08. The minimum atomic E-state index is 0.887. The van der Waals surface area contributed by atoms with E-state index < -0.39 is 0 Å². The van der Waals surface area contributed by atoms with Crippen LogP contribution in [0.1, 0.15) is 22.4 Å². The van der Waals surface area contributed by atoms with Gasteiger partial charge in [-0.05, 0) is 46.4 Å². The molecule has 0 saturated heterocycles. The molecule has 0 amide bonds. The molecule has 4 nitrogen and oxygen atoms in total. The Kier molecular flexibility index (Phi) is 2.72. The second-order valence-corrected chi connectivity index (χ2v) is 8.50. The molecule has 2 aromatic carbocycles. The third kappa shape index (κ3) is 1.84. The highest BCUT2D eigenvalue weighted by Gasteiger charge is 2.32. The van der Waals surface area contributed by atoms with Crippen molar-refractivity contribution in [3.63, 3.8) is 0 Å². The van der Waals surface area contributed by atoms with Crippen LogP contribution in [0.25, 0.3) is 49.8 Å². The number of imidazole rings is 1. The minimum absolute atomic E-state index is 0.887. The van der Waals surface area contributed by atoms with Gasteiger partial charge in [-0.2, -0.15) is 0 Å². The highest BCUT2D eigenvalue weighted by molar-refractivity contribution is 6.10. The molecule has 4 aromatic heterocycles. The summed E-state index contributed by atoms with van der Waals surface area (Å²) in [4.78, 5) is 14.4. The van der Waals surface area contributed by atoms with Crippen LogP contribution < -0.4 is 0 Å². The lowest BCUT2D eigenvalue weighted by Crippen LogP contribution is -1.97. The predicted molar refractivity (Wildman–Crippen MR) is 122 cm³/mol. The first kappa shape index (κ1) is 15.7. The quantitative estimate of drug-likeness (QED) is 0.315. The molecule has 0 unspecified atom stereocenters. The van der Waals surface area contributed by atoms with E-state index in [1.54, 1.807) is 0 Å². The fourth-order valence-electron chi connectivity index (χ4n) is 5.71. The van der Waals surface area contributed by atoms with Crippen LogP contribution in [0.15, 0.2) is 73.2 Å². The van der Waals surface area contributed by atoms with Crippen LogP contribution in [0.4, 0.5) is 0 Å². The van der Waals surface area contributed by atoms with E-state index in [0.717, 1.165) is 40.6 Å². The highest BCUT2D eigenvalue weighted by atomic mass is 15.1. The lowest BCUT2D eigenvalue weighted by atomic mass is 9.97.